The number of rotatable bonds is 7. The third kappa shape index (κ3) is 4.99. The third-order valence-electron chi connectivity index (χ3n) is 4.44. The van der Waals surface area contributed by atoms with Gasteiger partial charge in [-0.25, -0.2) is 0 Å². The summed E-state index contributed by atoms with van der Waals surface area (Å²) in [6.07, 6.45) is 0.955. The minimum atomic E-state index is 0.517. The number of ether oxygens (including phenoxy) is 1. The van der Waals surface area contributed by atoms with Crippen LogP contribution in [0, 0.1) is 3.57 Å². The summed E-state index contributed by atoms with van der Waals surface area (Å²) in [5, 5.41) is 0. The van der Waals surface area contributed by atoms with E-state index in [1.54, 1.807) is 0 Å². The maximum absolute atomic E-state index is 5.64. The van der Waals surface area contributed by atoms with Gasteiger partial charge < -0.3 is 10.5 Å². The summed E-state index contributed by atoms with van der Waals surface area (Å²) < 4.78 is 6.88. The van der Waals surface area contributed by atoms with Gasteiger partial charge in [0.2, 0.25) is 0 Å². The Hall–Kier alpha value is -2.11. The molecule has 2 nitrogen and oxygen atoms in total. The molecule has 0 aliphatic carbocycles. The summed E-state index contributed by atoms with van der Waals surface area (Å²) in [4.78, 5) is 0. The van der Waals surface area contributed by atoms with Crippen molar-refractivity contribution >= 4 is 33.7 Å². The van der Waals surface area contributed by atoms with Crippen LogP contribution in [0.2, 0.25) is 0 Å². The Bertz CT molecular complexity index is 884. The lowest BCUT2D eigenvalue weighted by molar-refractivity contribution is 0.328. The first-order valence-electron chi connectivity index (χ1n) is 9.20. The van der Waals surface area contributed by atoms with Gasteiger partial charge in [-0.3, -0.25) is 0 Å². The van der Waals surface area contributed by atoms with Crippen molar-refractivity contribution < 1.29 is 4.74 Å². The lowest BCUT2D eigenvalue weighted by atomic mass is 9.88. The van der Waals surface area contributed by atoms with Crippen LogP contribution in [0.15, 0.2) is 78.9 Å². The smallest absolute Gasteiger partial charge is 0.119 e. The average Bonchev–Trinajstić information content (AvgIpc) is 2.72. The normalized spacial score (nSPS) is 11.8. The number of halogens is 1. The van der Waals surface area contributed by atoms with E-state index in [-0.39, 0.29) is 0 Å². The van der Waals surface area contributed by atoms with Gasteiger partial charge in [-0.15, -0.1) is 0 Å². The van der Waals surface area contributed by atoms with Crippen LogP contribution in [-0.4, -0.2) is 13.2 Å². The molecular formula is C24H24INO. The second-order valence-electron chi connectivity index (χ2n) is 6.24. The summed E-state index contributed by atoms with van der Waals surface area (Å²) in [5.41, 5.74) is 11.8. The molecule has 0 bridgehead atoms. The van der Waals surface area contributed by atoms with E-state index in [1.165, 1.54) is 31.4 Å². The fourth-order valence-electron chi connectivity index (χ4n) is 3.19. The molecular weight excluding hydrogens is 445 g/mol. The number of benzene rings is 3. The standard InChI is InChI=1S/C24H24INO/c1-2-23(18-6-4-3-5-7-18)24(19-8-12-21(25)13-9-19)20-10-14-22(15-11-20)27-17-16-26/h3-15H,2,16-17,26H2,1H3/b24-23-. The summed E-state index contributed by atoms with van der Waals surface area (Å²) in [5.74, 6) is 0.851. The van der Waals surface area contributed by atoms with Crippen molar-refractivity contribution in [1.82, 2.24) is 0 Å². The fourth-order valence-corrected chi connectivity index (χ4v) is 3.55. The maximum Gasteiger partial charge on any atom is 0.119 e. The van der Waals surface area contributed by atoms with Crippen LogP contribution in [0.1, 0.15) is 30.0 Å². The van der Waals surface area contributed by atoms with Crippen molar-refractivity contribution in [3.05, 3.63) is 99.1 Å². The lowest BCUT2D eigenvalue weighted by Gasteiger charge is -2.17. The van der Waals surface area contributed by atoms with Crippen molar-refractivity contribution in [3.63, 3.8) is 0 Å². The number of hydrogen-bond donors (Lipinski definition) is 1. The molecule has 0 amide bonds. The molecule has 3 heteroatoms. The Morgan fingerprint density at radius 2 is 1.41 bits per heavy atom. The van der Waals surface area contributed by atoms with E-state index in [0.717, 1.165) is 12.2 Å². The highest BCUT2D eigenvalue weighted by Crippen LogP contribution is 2.35. The molecule has 0 saturated heterocycles. The van der Waals surface area contributed by atoms with E-state index in [9.17, 15) is 0 Å². The molecule has 0 radical (unpaired) electrons. The summed E-state index contributed by atoms with van der Waals surface area (Å²) in [6, 6.07) is 27.7. The summed E-state index contributed by atoms with van der Waals surface area (Å²) >= 11 is 2.35. The molecule has 3 rings (SSSR count). The van der Waals surface area contributed by atoms with Crippen LogP contribution in [0.25, 0.3) is 11.1 Å². The predicted octanol–water partition coefficient (Wildman–Crippen LogP) is 6.00. The zero-order chi connectivity index (χ0) is 19.1. The highest BCUT2D eigenvalue weighted by atomic mass is 127. The number of nitrogens with two attached hydrogens (primary N) is 1. The Balaban J connectivity index is 2.13. The second-order valence-corrected chi connectivity index (χ2v) is 7.49. The highest BCUT2D eigenvalue weighted by molar-refractivity contribution is 14.1. The predicted molar refractivity (Wildman–Crippen MR) is 123 cm³/mol. The molecule has 0 aliphatic heterocycles. The van der Waals surface area contributed by atoms with Crippen LogP contribution >= 0.6 is 22.6 Å². The number of allylic oxidation sites excluding steroid dienone is 1. The minimum absolute atomic E-state index is 0.517. The molecule has 0 heterocycles. The van der Waals surface area contributed by atoms with Crippen molar-refractivity contribution in [3.8, 4) is 5.75 Å². The topological polar surface area (TPSA) is 35.2 Å². The number of hydrogen-bond acceptors (Lipinski definition) is 2. The summed E-state index contributed by atoms with van der Waals surface area (Å²) in [6.45, 7) is 3.26. The van der Waals surface area contributed by atoms with Crippen LogP contribution in [0.3, 0.4) is 0 Å². The van der Waals surface area contributed by atoms with Crippen LogP contribution < -0.4 is 10.5 Å². The van der Waals surface area contributed by atoms with E-state index < -0.39 is 0 Å². The van der Waals surface area contributed by atoms with Gasteiger partial charge in [-0.2, -0.15) is 0 Å². The first-order valence-corrected chi connectivity index (χ1v) is 10.3. The fraction of sp³-hybridized carbons (Fsp3) is 0.167. The largest absolute Gasteiger partial charge is 0.492 e. The molecule has 3 aromatic carbocycles. The molecule has 0 saturated carbocycles. The molecule has 27 heavy (non-hydrogen) atoms. The molecule has 0 fully saturated rings. The van der Waals surface area contributed by atoms with Gasteiger partial charge in [0.05, 0.1) is 0 Å². The molecule has 0 aromatic heterocycles. The third-order valence-corrected chi connectivity index (χ3v) is 5.16. The first-order chi connectivity index (χ1) is 13.2. The molecule has 0 aliphatic rings. The maximum atomic E-state index is 5.64. The first kappa shape index (κ1) is 19.6. The molecule has 0 atom stereocenters. The van der Waals surface area contributed by atoms with Crippen molar-refractivity contribution in [2.45, 2.75) is 13.3 Å². The highest BCUT2D eigenvalue weighted by Gasteiger charge is 2.13. The molecule has 2 N–H and O–H groups in total. The van der Waals surface area contributed by atoms with Gasteiger partial charge in [0.15, 0.2) is 0 Å². The Labute approximate surface area is 175 Å². The second kappa shape index (κ2) is 9.72. The van der Waals surface area contributed by atoms with Crippen molar-refractivity contribution in [2.75, 3.05) is 13.2 Å². The van der Waals surface area contributed by atoms with Gasteiger partial charge in [0.1, 0.15) is 12.4 Å². The van der Waals surface area contributed by atoms with E-state index in [2.05, 4.69) is 96.2 Å². The van der Waals surface area contributed by atoms with Crippen LogP contribution in [-0.2, 0) is 0 Å². The Morgan fingerprint density at radius 3 is 1.96 bits per heavy atom. The Kier molecular flexibility index (Phi) is 7.07. The molecule has 0 unspecified atom stereocenters. The van der Waals surface area contributed by atoms with Gasteiger partial charge >= 0.3 is 0 Å². The molecule has 138 valence electrons. The average molecular weight is 469 g/mol. The molecule has 0 spiro atoms. The zero-order valence-electron chi connectivity index (χ0n) is 15.5. The Morgan fingerprint density at radius 1 is 0.815 bits per heavy atom. The van der Waals surface area contributed by atoms with Crippen molar-refractivity contribution in [1.29, 1.82) is 0 Å². The SMILES string of the molecule is CC/C(=C(\c1ccc(I)cc1)c1ccc(OCCN)cc1)c1ccccc1. The van der Waals surface area contributed by atoms with Crippen LogP contribution in [0.4, 0.5) is 0 Å². The van der Waals surface area contributed by atoms with Gasteiger partial charge in [0, 0.05) is 10.1 Å². The van der Waals surface area contributed by atoms with E-state index in [1.807, 2.05) is 12.1 Å². The monoisotopic (exact) mass is 469 g/mol. The quantitative estimate of drug-likeness (QED) is 0.341. The van der Waals surface area contributed by atoms with Crippen molar-refractivity contribution in [2.24, 2.45) is 5.73 Å². The van der Waals surface area contributed by atoms with Gasteiger partial charge in [0.25, 0.3) is 0 Å². The lowest BCUT2D eigenvalue weighted by Crippen LogP contribution is -2.10. The van der Waals surface area contributed by atoms with E-state index in [0.29, 0.717) is 13.2 Å². The van der Waals surface area contributed by atoms with Crippen LogP contribution in [0.5, 0.6) is 5.75 Å². The van der Waals surface area contributed by atoms with Gasteiger partial charge in [-0.05, 0) is 81.1 Å². The zero-order valence-corrected chi connectivity index (χ0v) is 17.6. The van der Waals surface area contributed by atoms with E-state index >= 15 is 0 Å². The van der Waals surface area contributed by atoms with Gasteiger partial charge in [-0.1, -0.05) is 61.5 Å². The minimum Gasteiger partial charge on any atom is -0.492 e. The van der Waals surface area contributed by atoms with E-state index in [4.69, 9.17) is 10.5 Å². The molecule has 3 aromatic rings. The summed E-state index contributed by atoms with van der Waals surface area (Å²) in [7, 11) is 0.